The molecule has 0 radical (unpaired) electrons. The van der Waals surface area contributed by atoms with E-state index >= 15 is 0 Å². The molecule has 0 saturated carbocycles. The fourth-order valence-corrected chi connectivity index (χ4v) is 2.95. The van der Waals surface area contributed by atoms with Gasteiger partial charge in [0.25, 0.3) is 5.69 Å². The molecule has 1 aromatic rings. The van der Waals surface area contributed by atoms with E-state index in [0.29, 0.717) is 0 Å². The number of benzene rings is 1. The van der Waals surface area contributed by atoms with Gasteiger partial charge in [-0.15, -0.1) is 0 Å². The zero-order valence-corrected chi connectivity index (χ0v) is 13.3. The van der Waals surface area contributed by atoms with E-state index in [0.717, 1.165) is 24.9 Å². The van der Waals surface area contributed by atoms with E-state index in [9.17, 15) is 14.9 Å². The van der Waals surface area contributed by atoms with Crippen LogP contribution in [0.4, 0.5) is 5.69 Å². The number of carbonyl (C=O) groups excluding carboxylic acids is 1. The molecular weight excluding hydrogens is 282 g/mol. The lowest BCUT2D eigenvalue weighted by molar-refractivity contribution is -0.384. The van der Waals surface area contributed by atoms with Crippen LogP contribution in [0, 0.1) is 15.5 Å². The number of carbonyl (C=O) groups is 1. The molecule has 0 aliphatic carbocycles. The SMILES string of the molecule is CC(NC(=O)C1NCCCC1(C)C)c1cccc([N+](=O)[O-])c1. The Hall–Kier alpha value is -1.95. The first-order valence-electron chi connectivity index (χ1n) is 7.59. The highest BCUT2D eigenvalue weighted by atomic mass is 16.6. The molecule has 2 unspecified atom stereocenters. The average molecular weight is 305 g/mol. The number of hydrogen-bond acceptors (Lipinski definition) is 4. The van der Waals surface area contributed by atoms with Gasteiger partial charge in [0.05, 0.1) is 17.0 Å². The second-order valence-corrected chi connectivity index (χ2v) is 6.56. The van der Waals surface area contributed by atoms with Crippen LogP contribution in [0.1, 0.15) is 45.2 Å². The number of nitrogens with zero attached hydrogens (tertiary/aromatic N) is 1. The number of piperidine rings is 1. The number of nitro groups is 1. The monoisotopic (exact) mass is 305 g/mol. The number of non-ortho nitro benzene ring substituents is 1. The first-order valence-corrected chi connectivity index (χ1v) is 7.59. The van der Waals surface area contributed by atoms with Crippen molar-refractivity contribution >= 4 is 11.6 Å². The Balaban J connectivity index is 2.08. The number of amides is 1. The van der Waals surface area contributed by atoms with Gasteiger partial charge in [0.2, 0.25) is 5.91 Å². The van der Waals surface area contributed by atoms with E-state index < -0.39 is 4.92 Å². The summed E-state index contributed by atoms with van der Waals surface area (Å²) in [7, 11) is 0. The van der Waals surface area contributed by atoms with Crippen LogP contribution in [0.2, 0.25) is 0 Å². The Labute approximate surface area is 130 Å². The minimum atomic E-state index is -0.427. The number of hydrogen-bond donors (Lipinski definition) is 2. The van der Waals surface area contributed by atoms with E-state index in [-0.39, 0.29) is 29.1 Å². The Morgan fingerprint density at radius 2 is 2.23 bits per heavy atom. The van der Waals surface area contributed by atoms with Gasteiger partial charge < -0.3 is 10.6 Å². The highest BCUT2D eigenvalue weighted by Gasteiger charge is 2.37. The van der Waals surface area contributed by atoms with Gasteiger partial charge in [-0.25, -0.2) is 0 Å². The van der Waals surface area contributed by atoms with Gasteiger partial charge in [-0.05, 0) is 37.3 Å². The van der Waals surface area contributed by atoms with E-state index in [2.05, 4.69) is 24.5 Å². The third-order valence-corrected chi connectivity index (χ3v) is 4.33. The Morgan fingerprint density at radius 1 is 1.50 bits per heavy atom. The lowest BCUT2D eigenvalue weighted by Crippen LogP contribution is -2.55. The zero-order chi connectivity index (χ0) is 16.3. The maximum Gasteiger partial charge on any atom is 0.269 e. The van der Waals surface area contributed by atoms with Gasteiger partial charge in [-0.2, -0.15) is 0 Å². The Bertz CT molecular complexity index is 572. The molecule has 1 saturated heterocycles. The number of rotatable bonds is 4. The van der Waals surface area contributed by atoms with E-state index in [1.165, 1.54) is 12.1 Å². The maximum absolute atomic E-state index is 12.5. The molecule has 1 amide bonds. The van der Waals surface area contributed by atoms with Crippen molar-refractivity contribution in [1.29, 1.82) is 0 Å². The summed E-state index contributed by atoms with van der Waals surface area (Å²) in [5.74, 6) is -0.0521. The molecule has 6 nitrogen and oxygen atoms in total. The second-order valence-electron chi connectivity index (χ2n) is 6.56. The topological polar surface area (TPSA) is 84.3 Å². The third kappa shape index (κ3) is 3.62. The molecular formula is C16H23N3O3. The van der Waals surface area contributed by atoms with Crippen molar-refractivity contribution in [1.82, 2.24) is 10.6 Å². The second kappa shape index (κ2) is 6.44. The predicted octanol–water partition coefficient (Wildman–Crippen LogP) is 2.55. The quantitative estimate of drug-likeness (QED) is 0.661. The van der Waals surface area contributed by atoms with Crippen LogP contribution in [0.15, 0.2) is 24.3 Å². The van der Waals surface area contributed by atoms with Crippen LogP contribution < -0.4 is 10.6 Å². The van der Waals surface area contributed by atoms with Crippen LogP contribution in [-0.2, 0) is 4.79 Å². The van der Waals surface area contributed by atoms with Gasteiger partial charge in [-0.3, -0.25) is 14.9 Å². The molecule has 1 aliphatic heterocycles. The van der Waals surface area contributed by atoms with E-state index in [1.807, 2.05) is 6.92 Å². The van der Waals surface area contributed by atoms with Crippen LogP contribution in [0.5, 0.6) is 0 Å². The molecule has 1 fully saturated rings. The van der Waals surface area contributed by atoms with Gasteiger partial charge >= 0.3 is 0 Å². The van der Waals surface area contributed by atoms with Crippen molar-refractivity contribution in [3.63, 3.8) is 0 Å². The largest absolute Gasteiger partial charge is 0.348 e. The lowest BCUT2D eigenvalue weighted by Gasteiger charge is -2.38. The van der Waals surface area contributed by atoms with E-state index in [1.54, 1.807) is 12.1 Å². The highest BCUT2D eigenvalue weighted by molar-refractivity contribution is 5.83. The summed E-state index contributed by atoms with van der Waals surface area (Å²) in [5.41, 5.74) is 0.677. The minimum absolute atomic E-state index is 0.0368. The minimum Gasteiger partial charge on any atom is -0.348 e. The molecule has 0 bridgehead atoms. The van der Waals surface area contributed by atoms with Gasteiger partial charge in [0.1, 0.15) is 0 Å². The predicted molar refractivity (Wildman–Crippen MR) is 84.5 cm³/mol. The third-order valence-electron chi connectivity index (χ3n) is 4.33. The molecule has 2 N–H and O–H groups in total. The summed E-state index contributed by atoms with van der Waals surface area (Å²) in [5, 5.41) is 17.1. The standard InChI is InChI=1S/C16H23N3O3/c1-11(12-6-4-7-13(10-12)19(21)22)18-15(20)14-16(2,3)8-5-9-17-14/h4,6-7,10-11,14,17H,5,8-9H2,1-3H3,(H,18,20). The highest BCUT2D eigenvalue weighted by Crippen LogP contribution is 2.30. The Kier molecular flexibility index (Phi) is 4.81. The van der Waals surface area contributed by atoms with Gasteiger partial charge in [-0.1, -0.05) is 26.0 Å². The molecule has 120 valence electrons. The smallest absolute Gasteiger partial charge is 0.269 e. The molecule has 0 aromatic heterocycles. The van der Waals surface area contributed by atoms with Crippen molar-refractivity contribution in [3.05, 3.63) is 39.9 Å². The van der Waals surface area contributed by atoms with Crippen molar-refractivity contribution in [2.24, 2.45) is 5.41 Å². The first-order chi connectivity index (χ1) is 10.3. The molecule has 1 heterocycles. The lowest BCUT2D eigenvalue weighted by atomic mass is 9.77. The summed E-state index contributed by atoms with van der Waals surface area (Å²) in [4.78, 5) is 22.9. The molecule has 1 aliphatic rings. The van der Waals surface area contributed by atoms with Crippen molar-refractivity contribution < 1.29 is 9.72 Å². The van der Waals surface area contributed by atoms with Crippen LogP contribution >= 0.6 is 0 Å². The molecule has 2 atom stereocenters. The molecule has 1 aromatic carbocycles. The summed E-state index contributed by atoms with van der Waals surface area (Å²) in [6.07, 6.45) is 2.07. The van der Waals surface area contributed by atoms with Crippen LogP contribution in [0.25, 0.3) is 0 Å². The van der Waals surface area contributed by atoms with Crippen molar-refractivity contribution in [2.45, 2.75) is 45.7 Å². The fourth-order valence-electron chi connectivity index (χ4n) is 2.95. The van der Waals surface area contributed by atoms with Crippen LogP contribution in [0.3, 0.4) is 0 Å². The molecule has 2 rings (SSSR count). The van der Waals surface area contributed by atoms with E-state index in [4.69, 9.17) is 0 Å². The van der Waals surface area contributed by atoms with Crippen LogP contribution in [-0.4, -0.2) is 23.4 Å². The summed E-state index contributed by atoms with van der Waals surface area (Å²) in [6.45, 7) is 6.85. The first kappa shape index (κ1) is 16.4. The fraction of sp³-hybridized carbons (Fsp3) is 0.562. The van der Waals surface area contributed by atoms with Crippen molar-refractivity contribution in [3.8, 4) is 0 Å². The summed E-state index contributed by atoms with van der Waals surface area (Å²) < 4.78 is 0. The normalized spacial score (nSPS) is 21.9. The summed E-state index contributed by atoms with van der Waals surface area (Å²) in [6, 6.07) is 5.87. The molecule has 0 spiro atoms. The summed E-state index contributed by atoms with van der Waals surface area (Å²) >= 11 is 0. The average Bonchev–Trinajstić information content (AvgIpc) is 2.46. The van der Waals surface area contributed by atoms with Gasteiger partial charge in [0.15, 0.2) is 0 Å². The van der Waals surface area contributed by atoms with Crippen molar-refractivity contribution in [2.75, 3.05) is 6.54 Å². The molecule has 22 heavy (non-hydrogen) atoms. The number of nitrogens with one attached hydrogen (secondary N) is 2. The number of nitro benzene ring substituents is 1. The zero-order valence-electron chi connectivity index (χ0n) is 13.3. The van der Waals surface area contributed by atoms with Gasteiger partial charge in [0, 0.05) is 12.1 Å². The maximum atomic E-state index is 12.5. The Morgan fingerprint density at radius 3 is 2.86 bits per heavy atom. The molecule has 6 heteroatoms.